The van der Waals surface area contributed by atoms with E-state index in [-0.39, 0.29) is 17.9 Å². The van der Waals surface area contributed by atoms with Crippen LogP contribution >= 0.6 is 0 Å². The van der Waals surface area contributed by atoms with E-state index in [4.69, 9.17) is 14.2 Å². The highest BCUT2D eigenvalue weighted by atomic mass is 19.4. The molecule has 5 rings (SSSR count). The minimum Gasteiger partial charge on any atom is -0.489 e. The van der Waals surface area contributed by atoms with Crippen LogP contribution in [0, 0.1) is 17.6 Å². The van der Waals surface area contributed by atoms with Crippen molar-refractivity contribution in [1.29, 1.82) is 0 Å². The van der Waals surface area contributed by atoms with Gasteiger partial charge in [0.1, 0.15) is 12.7 Å². The van der Waals surface area contributed by atoms with E-state index in [9.17, 15) is 22.4 Å². The van der Waals surface area contributed by atoms with Crippen LogP contribution in [-0.2, 0) is 14.3 Å². The number of pyridine rings is 1. The summed E-state index contributed by atoms with van der Waals surface area (Å²) in [7, 11) is 0. The van der Waals surface area contributed by atoms with Gasteiger partial charge >= 0.3 is 6.18 Å². The van der Waals surface area contributed by atoms with Gasteiger partial charge in [0.25, 0.3) is 5.91 Å². The molecule has 1 N–H and O–H groups in total. The number of nitrogens with zero attached hydrogens (tertiary/aromatic N) is 4. The Morgan fingerprint density at radius 2 is 1.95 bits per heavy atom. The number of aromatic nitrogens is 3. The van der Waals surface area contributed by atoms with E-state index < -0.39 is 53.0 Å². The van der Waals surface area contributed by atoms with Gasteiger partial charge in [0.15, 0.2) is 17.2 Å². The number of hydrogen-bond acceptors (Lipinski definition) is 7. The summed E-state index contributed by atoms with van der Waals surface area (Å²) in [5.41, 5.74) is -1.99. The van der Waals surface area contributed by atoms with Crippen molar-refractivity contribution in [1.82, 2.24) is 19.7 Å². The maximum Gasteiger partial charge on any atom is 0.417 e. The molecule has 0 bridgehead atoms. The largest absolute Gasteiger partial charge is 0.489 e. The minimum absolute atomic E-state index is 0.0549. The molecule has 2 aliphatic rings. The molecule has 0 radical (unpaired) electrons. The number of carbonyl (C=O) groups is 1. The maximum absolute atomic E-state index is 15.1. The highest BCUT2D eigenvalue weighted by molar-refractivity contribution is 5.95. The summed E-state index contributed by atoms with van der Waals surface area (Å²) in [4.78, 5) is 15.4. The Labute approximate surface area is 226 Å². The first-order valence-corrected chi connectivity index (χ1v) is 12.8. The second-order valence-corrected chi connectivity index (χ2v) is 10.1. The molecule has 4 atom stereocenters. The molecule has 1 amide bonds. The summed E-state index contributed by atoms with van der Waals surface area (Å²) >= 11 is 0. The summed E-state index contributed by atoms with van der Waals surface area (Å²) in [6.45, 7) is 4.72. The topological polar surface area (TPSA) is 90.2 Å². The zero-order chi connectivity index (χ0) is 28.7. The molecular weight excluding hydrogens is 541 g/mol. The van der Waals surface area contributed by atoms with Crippen LogP contribution in [-0.4, -0.2) is 83.0 Å². The van der Waals surface area contributed by atoms with Crippen molar-refractivity contribution in [2.24, 2.45) is 5.92 Å². The van der Waals surface area contributed by atoms with Gasteiger partial charge < -0.3 is 19.5 Å². The predicted octanol–water partition coefficient (Wildman–Crippen LogP) is 3.80. The summed E-state index contributed by atoms with van der Waals surface area (Å²) in [5, 5.41) is 10.1. The summed E-state index contributed by atoms with van der Waals surface area (Å²) in [6.07, 6.45) is -3.65. The number of nitrogens with one attached hydrogen (secondary N) is 1. The molecular formula is C26H28F5N5O4. The average molecular weight is 570 g/mol. The third kappa shape index (κ3) is 5.22. The Kier molecular flexibility index (Phi) is 7.68. The summed E-state index contributed by atoms with van der Waals surface area (Å²) in [6, 6.07) is 5.10. The molecule has 0 saturated carbocycles. The monoisotopic (exact) mass is 569 g/mol. The number of carbonyl (C=O) groups excluding carboxylic acids is 1. The van der Waals surface area contributed by atoms with Crippen molar-refractivity contribution in [3.63, 3.8) is 0 Å². The van der Waals surface area contributed by atoms with Gasteiger partial charge in [0.2, 0.25) is 5.82 Å². The molecule has 2 saturated heterocycles. The van der Waals surface area contributed by atoms with Gasteiger partial charge in [-0.25, -0.2) is 8.91 Å². The van der Waals surface area contributed by atoms with Crippen LogP contribution in [0.5, 0.6) is 5.75 Å². The second-order valence-electron chi connectivity index (χ2n) is 10.1. The molecule has 1 aromatic carbocycles. The fourth-order valence-corrected chi connectivity index (χ4v) is 5.19. The molecule has 2 aromatic heterocycles. The van der Waals surface area contributed by atoms with Crippen molar-refractivity contribution in [3.05, 3.63) is 53.9 Å². The van der Waals surface area contributed by atoms with E-state index in [0.29, 0.717) is 38.4 Å². The van der Waals surface area contributed by atoms with E-state index in [1.807, 2.05) is 4.90 Å². The van der Waals surface area contributed by atoms with Crippen LogP contribution in [0.15, 0.2) is 36.7 Å². The summed E-state index contributed by atoms with van der Waals surface area (Å²) < 4.78 is 90.1. The number of alkyl halides is 3. The maximum atomic E-state index is 15.1. The lowest BCUT2D eigenvalue weighted by Crippen LogP contribution is -2.47. The lowest BCUT2D eigenvalue weighted by Gasteiger charge is -2.32. The average Bonchev–Trinajstić information content (AvgIpc) is 3.49. The van der Waals surface area contributed by atoms with Gasteiger partial charge in [0.05, 0.1) is 36.8 Å². The van der Waals surface area contributed by atoms with Crippen LogP contribution in [0.1, 0.15) is 25.3 Å². The lowest BCUT2D eigenvalue weighted by atomic mass is 9.77. The molecule has 2 fully saturated rings. The number of morpholine rings is 1. The molecule has 0 spiro atoms. The van der Waals surface area contributed by atoms with Crippen LogP contribution in [0.3, 0.4) is 0 Å². The Balaban J connectivity index is 1.47. The highest BCUT2D eigenvalue weighted by Gasteiger charge is 2.66. The number of amides is 1. The molecule has 9 nitrogen and oxygen atoms in total. The molecule has 0 aliphatic carbocycles. The minimum atomic E-state index is -4.87. The smallest absolute Gasteiger partial charge is 0.417 e. The number of hydrogen-bond donors (Lipinski definition) is 1. The van der Waals surface area contributed by atoms with Gasteiger partial charge in [-0.05, 0) is 25.1 Å². The molecule has 2 aliphatic heterocycles. The highest BCUT2D eigenvalue weighted by Crippen LogP contribution is 2.55. The Hall–Kier alpha value is -3.36. The Bertz CT molecular complexity index is 1380. The molecule has 3 aromatic rings. The van der Waals surface area contributed by atoms with E-state index >= 15 is 4.39 Å². The van der Waals surface area contributed by atoms with Gasteiger partial charge in [-0.15, -0.1) is 5.10 Å². The molecule has 14 heteroatoms. The number of fused-ring (bicyclic) bond motifs is 1. The van der Waals surface area contributed by atoms with E-state index in [1.54, 1.807) is 6.07 Å². The van der Waals surface area contributed by atoms with Gasteiger partial charge in [-0.1, -0.05) is 18.2 Å². The van der Waals surface area contributed by atoms with Crippen LogP contribution in [0.25, 0.3) is 5.52 Å². The lowest BCUT2D eigenvalue weighted by molar-refractivity contribution is -0.272. The fourth-order valence-electron chi connectivity index (χ4n) is 5.19. The molecule has 4 heterocycles. The molecule has 40 heavy (non-hydrogen) atoms. The summed E-state index contributed by atoms with van der Waals surface area (Å²) in [5.74, 6) is -6.70. The van der Waals surface area contributed by atoms with Gasteiger partial charge in [-0.3, -0.25) is 9.69 Å². The van der Waals surface area contributed by atoms with Crippen molar-refractivity contribution in [3.8, 4) is 5.75 Å². The predicted molar refractivity (Wildman–Crippen MR) is 132 cm³/mol. The van der Waals surface area contributed by atoms with Gasteiger partial charge in [-0.2, -0.15) is 17.6 Å². The fraction of sp³-hybridized carbons (Fsp3) is 0.500. The number of anilines is 1. The SMILES string of the molecule is C[C@H]1[C@@H](c2ccc(F)c(F)c2OCCN2CCOCC2)[C@H](C(=O)Nc2ccc3cnnn3c2)O[C@@]1(C)C(F)(F)F. The zero-order valence-electron chi connectivity index (χ0n) is 21.8. The zero-order valence-corrected chi connectivity index (χ0v) is 21.8. The number of halogens is 5. The second kappa shape index (κ2) is 10.9. The first-order valence-electron chi connectivity index (χ1n) is 12.8. The quantitative estimate of drug-likeness (QED) is 0.433. The Morgan fingerprint density at radius 3 is 2.67 bits per heavy atom. The van der Waals surface area contributed by atoms with E-state index in [1.165, 1.54) is 29.9 Å². The molecule has 216 valence electrons. The molecule has 0 unspecified atom stereocenters. The van der Waals surface area contributed by atoms with Crippen molar-refractivity contribution >= 4 is 17.1 Å². The first-order chi connectivity index (χ1) is 19.0. The van der Waals surface area contributed by atoms with Crippen LogP contribution in [0.2, 0.25) is 0 Å². The van der Waals surface area contributed by atoms with Crippen molar-refractivity contribution in [2.45, 2.75) is 37.6 Å². The third-order valence-corrected chi connectivity index (χ3v) is 7.69. The van der Waals surface area contributed by atoms with E-state index in [2.05, 4.69) is 15.6 Å². The van der Waals surface area contributed by atoms with Crippen molar-refractivity contribution in [2.75, 3.05) is 44.8 Å². The number of rotatable bonds is 7. The van der Waals surface area contributed by atoms with Crippen LogP contribution in [0.4, 0.5) is 27.6 Å². The van der Waals surface area contributed by atoms with E-state index in [0.717, 1.165) is 19.1 Å². The van der Waals surface area contributed by atoms with Crippen LogP contribution < -0.4 is 10.1 Å². The van der Waals surface area contributed by atoms with Crippen molar-refractivity contribution < 1.29 is 41.0 Å². The number of benzene rings is 1. The normalized spacial score (nSPS) is 25.8. The first kappa shape index (κ1) is 28.2. The van der Waals surface area contributed by atoms with Gasteiger partial charge in [0, 0.05) is 37.0 Å². The Morgan fingerprint density at radius 1 is 1.20 bits per heavy atom. The number of ether oxygens (including phenoxy) is 3. The third-order valence-electron chi connectivity index (χ3n) is 7.69. The standard InChI is InChI=1S/C26H28F5N5O4/c1-15-20(18-5-6-19(27)21(28)22(18)39-12-9-35-7-10-38-11-8-35)23(40-25(15,2)26(29,30)31)24(37)33-16-3-4-17-13-32-34-36(17)14-16/h3-6,13-15,20,23H,7-12H2,1-2H3,(H,33,37)/t15-,20-,23+,25+/m0/s1.